The first kappa shape index (κ1) is 14.6. The van der Waals surface area contributed by atoms with Gasteiger partial charge in [0.25, 0.3) is 0 Å². The molecule has 2 fully saturated rings. The molecule has 0 spiro atoms. The monoisotopic (exact) mass is 336 g/mol. The van der Waals surface area contributed by atoms with Gasteiger partial charge >= 0.3 is 0 Å². The van der Waals surface area contributed by atoms with Gasteiger partial charge in [-0.2, -0.15) is 0 Å². The average molecular weight is 337 g/mol. The summed E-state index contributed by atoms with van der Waals surface area (Å²) in [5.41, 5.74) is 1.49. The van der Waals surface area contributed by atoms with Crippen molar-refractivity contribution in [3.8, 4) is 0 Å². The Hall–Kier alpha value is -0.380. The predicted octanol–water partition coefficient (Wildman–Crippen LogP) is 3.62. The highest BCUT2D eigenvalue weighted by molar-refractivity contribution is 9.10. The minimum Gasteiger partial charge on any atom is -0.311 e. The number of nitrogens with one attached hydrogen (secondary N) is 1. The van der Waals surface area contributed by atoms with Crippen LogP contribution in [0.25, 0.3) is 0 Å². The molecule has 1 aromatic carbocycles. The molecular formula is C17H25BrN2. The quantitative estimate of drug-likeness (QED) is 0.906. The van der Waals surface area contributed by atoms with E-state index in [1.807, 2.05) is 0 Å². The SMILES string of the molecule is CC1CN(C)CCC1NC1CC(c2cccc(Br)c2)C1. The Bertz CT molecular complexity index is 456. The lowest BCUT2D eigenvalue weighted by Crippen LogP contribution is -2.53. The van der Waals surface area contributed by atoms with Crippen LogP contribution >= 0.6 is 15.9 Å². The van der Waals surface area contributed by atoms with Gasteiger partial charge in [-0.15, -0.1) is 0 Å². The summed E-state index contributed by atoms with van der Waals surface area (Å²) in [4.78, 5) is 2.45. The number of piperidine rings is 1. The van der Waals surface area contributed by atoms with Crippen molar-refractivity contribution in [2.75, 3.05) is 20.1 Å². The summed E-state index contributed by atoms with van der Waals surface area (Å²) in [5, 5.41) is 3.90. The summed E-state index contributed by atoms with van der Waals surface area (Å²) < 4.78 is 1.20. The van der Waals surface area contributed by atoms with Gasteiger partial charge in [0.1, 0.15) is 0 Å². The summed E-state index contributed by atoms with van der Waals surface area (Å²) in [6.45, 7) is 4.86. The fraction of sp³-hybridized carbons (Fsp3) is 0.647. The first-order valence-corrected chi connectivity index (χ1v) is 8.61. The third kappa shape index (κ3) is 3.26. The molecule has 1 saturated heterocycles. The Kier molecular flexibility index (Phi) is 4.49. The van der Waals surface area contributed by atoms with Gasteiger partial charge in [-0.1, -0.05) is 35.0 Å². The van der Waals surface area contributed by atoms with E-state index in [0.717, 1.165) is 23.9 Å². The average Bonchev–Trinajstić information content (AvgIpc) is 2.35. The minimum atomic E-state index is 0.722. The molecule has 0 radical (unpaired) electrons. The van der Waals surface area contributed by atoms with E-state index in [1.165, 1.54) is 42.4 Å². The van der Waals surface area contributed by atoms with Crippen molar-refractivity contribution in [1.82, 2.24) is 10.2 Å². The number of likely N-dealkylation sites (tertiary alicyclic amines) is 1. The summed E-state index contributed by atoms with van der Waals surface area (Å²) in [6, 6.07) is 10.3. The van der Waals surface area contributed by atoms with E-state index >= 15 is 0 Å². The normalized spacial score (nSPS) is 34.8. The van der Waals surface area contributed by atoms with Crippen molar-refractivity contribution in [2.45, 2.75) is 44.2 Å². The van der Waals surface area contributed by atoms with Crippen molar-refractivity contribution < 1.29 is 0 Å². The zero-order valence-electron chi connectivity index (χ0n) is 12.5. The lowest BCUT2D eigenvalue weighted by molar-refractivity contribution is 0.145. The maximum Gasteiger partial charge on any atom is 0.0178 e. The first-order chi connectivity index (χ1) is 9.61. The molecular weight excluding hydrogens is 312 g/mol. The predicted molar refractivity (Wildman–Crippen MR) is 88.1 cm³/mol. The highest BCUT2D eigenvalue weighted by Gasteiger charge is 2.34. The second kappa shape index (κ2) is 6.17. The lowest BCUT2D eigenvalue weighted by atomic mass is 9.75. The maximum atomic E-state index is 3.90. The van der Waals surface area contributed by atoms with Gasteiger partial charge in [-0.25, -0.2) is 0 Å². The zero-order chi connectivity index (χ0) is 14.1. The largest absolute Gasteiger partial charge is 0.311 e. The molecule has 3 heteroatoms. The number of nitrogens with zero attached hydrogens (tertiary/aromatic N) is 1. The van der Waals surface area contributed by atoms with Crippen LogP contribution in [0.2, 0.25) is 0 Å². The molecule has 2 atom stereocenters. The summed E-state index contributed by atoms with van der Waals surface area (Å²) in [7, 11) is 2.24. The number of hydrogen-bond donors (Lipinski definition) is 1. The summed E-state index contributed by atoms with van der Waals surface area (Å²) in [5.74, 6) is 1.53. The Morgan fingerprint density at radius 1 is 1.30 bits per heavy atom. The van der Waals surface area contributed by atoms with Crippen LogP contribution < -0.4 is 5.32 Å². The van der Waals surface area contributed by atoms with Crippen LogP contribution in [0.5, 0.6) is 0 Å². The number of benzene rings is 1. The van der Waals surface area contributed by atoms with Crippen molar-refractivity contribution in [1.29, 1.82) is 0 Å². The van der Waals surface area contributed by atoms with Crippen LogP contribution in [0.15, 0.2) is 28.7 Å². The van der Waals surface area contributed by atoms with E-state index < -0.39 is 0 Å². The topological polar surface area (TPSA) is 15.3 Å². The Balaban J connectivity index is 1.49. The van der Waals surface area contributed by atoms with Gasteiger partial charge in [-0.05, 0) is 62.4 Å². The van der Waals surface area contributed by atoms with E-state index in [9.17, 15) is 0 Å². The van der Waals surface area contributed by atoms with E-state index in [2.05, 4.69) is 64.4 Å². The van der Waals surface area contributed by atoms with Gasteiger partial charge in [0, 0.05) is 23.1 Å². The standard InChI is InChI=1S/C17H25BrN2/c1-12-11-20(2)7-6-17(12)19-16-9-14(10-16)13-4-3-5-15(18)8-13/h3-5,8,12,14,16-17,19H,6-7,9-11H2,1-2H3. The third-order valence-electron chi connectivity index (χ3n) is 5.02. The van der Waals surface area contributed by atoms with Gasteiger partial charge in [-0.3, -0.25) is 0 Å². The molecule has 1 heterocycles. The molecule has 0 amide bonds. The molecule has 2 nitrogen and oxygen atoms in total. The number of halogens is 1. The second-order valence-corrected chi connectivity index (χ2v) is 7.64. The van der Waals surface area contributed by atoms with Crippen LogP contribution in [-0.4, -0.2) is 37.1 Å². The van der Waals surface area contributed by atoms with Crippen LogP contribution in [-0.2, 0) is 0 Å². The highest BCUT2D eigenvalue weighted by atomic mass is 79.9. The van der Waals surface area contributed by atoms with Gasteiger partial charge < -0.3 is 10.2 Å². The molecule has 3 rings (SSSR count). The molecule has 2 aliphatic rings. The first-order valence-electron chi connectivity index (χ1n) is 7.82. The van der Waals surface area contributed by atoms with Crippen molar-refractivity contribution in [3.63, 3.8) is 0 Å². The Labute approximate surface area is 131 Å². The van der Waals surface area contributed by atoms with Crippen LogP contribution in [0.4, 0.5) is 0 Å². The molecule has 1 aliphatic carbocycles. The van der Waals surface area contributed by atoms with E-state index in [1.54, 1.807) is 0 Å². The molecule has 110 valence electrons. The molecule has 1 saturated carbocycles. The Morgan fingerprint density at radius 3 is 2.80 bits per heavy atom. The molecule has 1 N–H and O–H groups in total. The molecule has 0 bridgehead atoms. The van der Waals surface area contributed by atoms with Crippen molar-refractivity contribution >= 4 is 15.9 Å². The summed E-state index contributed by atoms with van der Waals surface area (Å²) in [6.07, 6.45) is 3.90. The molecule has 1 aliphatic heterocycles. The van der Waals surface area contributed by atoms with E-state index in [-0.39, 0.29) is 0 Å². The van der Waals surface area contributed by atoms with Crippen LogP contribution in [0.1, 0.15) is 37.7 Å². The molecule has 2 unspecified atom stereocenters. The van der Waals surface area contributed by atoms with Gasteiger partial charge in [0.05, 0.1) is 0 Å². The van der Waals surface area contributed by atoms with Crippen molar-refractivity contribution in [2.24, 2.45) is 5.92 Å². The fourth-order valence-electron chi connectivity index (χ4n) is 3.69. The second-order valence-electron chi connectivity index (χ2n) is 6.72. The van der Waals surface area contributed by atoms with E-state index in [0.29, 0.717) is 0 Å². The summed E-state index contributed by atoms with van der Waals surface area (Å²) >= 11 is 3.57. The molecule has 20 heavy (non-hydrogen) atoms. The van der Waals surface area contributed by atoms with Gasteiger partial charge in [0.2, 0.25) is 0 Å². The smallest absolute Gasteiger partial charge is 0.0178 e. The number of rotatable bonds is 3. The molecule has 1 aromatic rings. The lowest BCUT2D eigenvalue weighted by Gasteiger charge is -2.43. The fourth-order valence-corrected chi connectivity index (χ4v) is 4.11. The van der Waals surface area contributed by atoms with E-state index in [4.69, 9.17) is 0 Å². The van der Waals surface area contributed by atoms with Crippen LogP contribution in [0.3, 0.4) is 0 Å². The molecule has 0 aromatic heterocycles. The highest BCUT2D eigenvalue weighted by Crippen LogP contribution is 2.38. The third-order valence-corrected chi connectivity index (χ3v) is 5.51. The maximum absolute atomic E-state index is 3.90. The minimum absolute atomic E-state index is 0.722. The van der Waals surface area contributed by atoms with Crippen molar-refractivity contribution in [3.05, 3.63) is 34.3 Å². The van der Waals surface area contributed by atoms with Crippen LogP contribution in [0, 0.1) is 5.92 Å². The zero-order valence-corrected chi connectivity index (χ0v) is 14.1. The van der Waals surface area contributed by atoms with Gasteiger partial charge in [0.15, 0.2) is 0 Å². The number of hydrogen-bond acceptors (Lipinski definition) is 2. The Morgan fingerprint density at radius 2 is 2.10 bits per heavy atom.